The predicted molar refractivity (Wildman–Crippen MR) is 178 cm³/mol. The van der Waals surface area contributed by atoms with Crippen LogP contribution < -0.4 is 14.2 Å². The van der Waals surface area contributed by atoms with Gasteiger partial charge in [0.05, 0.1) is 32.3 Å². The zero-order chi connectivity index (χ0) is 31.3. The second kappa shape index (κ2) is 13.9. The van der Waals surface area contributed by atoms with Crippen LogP contribution in [0.5, 0.6) is 17.2 Å². The van der Waals surface area contributed by atoms with E-state index in [1.54, 1.807) is 13.2 Å². The van der Waals surface area contributed by atoms with E-state index in [4.69, 9.17) is 25.8 Å². The number of halogens is 1. The fourth-order valence-electron chi connectivity index (χ4n) is 6.48. The van der Waals surface area contributed by atoms with Gasteiger partial charge in [-0.2, -0.15) is 0 Å². The average molecular weight is 616 g/mol. The van der Waals surface area contributed by atoms with Gasteiger partial charge in [-0.3, -0.25) is 4.79 Å². The summed E-state index contributed by atoms with van der Waals surface area (Å²) in [5, 5.41) is 2.43. The SMILES string of the molecule is CC[N+](CC)(CCCCN(Cc1cc2c(cc1Cl)OCO2)C(=O)c1c(OC)ccc2ccccc12)Cc1cc(C)cc(C)c1. The lowest BCUT2D eigenvalue weighted by molar-refractivity contribution is -0.938. The van der Waals surface area contributed by atoms with Gasteiger partial charge in [-0.05, 0) is 69.0 Å². The topological polar surface area (TPSA) is 48.0 Å². The Balaban J connectivity index is 1.39. The lowest BCUT2D eigenvalue weighted by atomic mass is 10.0. The Morgan fingerprint density at radius 3 is 2.34 bits per heavy atom. The van der Waals surface area contributed by atoms with Crippen molar-refractivity contribution in [1.29, 1.82) is 0 Å². The molecule has 0 saturated heterocycles. The van der Waals surface area contributed by atoms with Crippen molar-refractivity contribution in [1.82, 2.24) is 4.90 Å². The zero-order valence-corrected chi connectivity index (χ0v) is 27.4. The first-order valence-corrected chi connectivity index (χ1v) is 16.0. The molecule has 0 unspecified atom stereocenters. The summed E-state index contributed by atoms with van der Waals surface area (Å²) in [5.74, 6) is 1.77. The molecule has 6 nitrogen and oxygen atoms in total. The van der Waals surface area contributed by atoms with Crippen molar-refractivity contribution in [3.05, 3.63) is 99.6 Å². The largest absolute Gasteiger partial charge is 0.496 e. The van der Waals surface area contributed by atoms with Crippen molar-refractivity contribution in [2.24, 2.45) is 0 Å². The van der Waals surface area contributed by atoms with E-state index in [9.17, 15) is 4.79 Å². The molecule has 4 aromatic rings. The number of carbonyl (C=O) groups excluding carboxylic acids is 1. The summed E-state index contributed by atoms with van der Waals surface area (Å²) in [6.07, 6.45) is 1.87. The van der Waals surface area contributed by atoms with Crippen molar-refractivity contribution in [2.75, 3.05) is 40.1 Å². The van der Waals surface area contributed by atoms with Crippen LogP contribution in [0.2, 0.25) is 5.02 Å². The lowest BCUT2D eigenvalue weighted by Gasteiger charge is -2.37. The van der Waals surface area contributed by atoms with Crippen LogP contribution in [-0.2, 0) is 13.1 Å². The Labute approximate surface area is 266 Å². The maximum atomic E-state index is 14.4. The minimum absolute atomic E-state index is 0.0747. The van der Waals surface area contributed by atoms with Gasteiger partial charge in [0, 0.05) is 29.7 Å². The molecule has 1 amide bonds. The van der Waals surface area contributed by atoms with E-state index in [-0.39, 0.29) is 12.7 Å². The van der Waals surface area contributed by atoms with E-state index in [2.05, 4.69) is 45.9 Å². The number of rotatable bonds is 13. The van der Waals surface area contributed by atoms with Gasteiger partial charge < -0.3 is 23.6 Å². The van der Waals surface area contributed by atoms with Crippen molar-refractivity contribution >= 4 is 28.3 Å². The van der Waals surface area contributed by atoms with Crippen LogP contribution >= 0.6 is 11.6 Å². The third-order valence-corrected chi connectivity index (χ3v) is 9.32. The molecule has 232 valence electrons. The highest BCUT2D eigenvalue weighted by atomic mass is 35.5. The molecule has 0 radical (unpaired) electrons. The molecule has 0 fully saturated rings. The third-order valence-electron chi connectivity index (χ3n) is 8.97. The quantitative estimate of drug-likeness (QED) is 0.112. The predicted octanol–water partition coefficient (Wildman–Crippen LogP) is 8.33. The third kappa shape index (κ3) is 6.98. The summed E-state index contributed by atoms with van der Waals surface area (Å²) >= 11 is 6.71. The highest BCUT2D eigenvalue weighted by Gasteiger charge is 2.27. The molecule has 44 heavy (non-hydrogen) atoms. The Bertz CT molecular complexity index is 1610. The van der Waals surface area contributed by atoms with E-state index in [1.165, 1.54) is 16.7 Å². The monoisotopic (exact) mass is 615 g/mol. The van der Waals surface area contributed by atoms with E-state index in [0.29, 0.717) is 40.9 Å². The number of unbranched alkanes of at least 4 members (excludes halogenated alkanes) is 1. The summed E-state index contributed by atoms with van der Waals surface area (Å²) in [7, 11) is 1.61. The standard InChI is InChI=1S/C37H44ClN2O4/c1-6-40(7-2,24-28-19-26(3)18-27(4)20-28)17-11-10-16-39(23-30-21-34-35(22-32(30)38)44-25-43-34)37(41)36-31-13-9-8-12-29(31)14-15-33(36)42-5/h8-9,12-15,18-22H,6-7,10-11,16-17,23-25H2,1-5H3/q+1. The number of aryl methyl sites for hydroxylation is 2. The van der Waals surface area contributed by atoms with Crippen LogP contribution in [0, 0.1) is 13.8 Å². The van der Waals surface area contributed by atoms with E-state index in [1.807, 2.05) is 47.4 Å². The van der Waals surface area contributed by atoms with Crippen molar-refractivity contribution in [3.8, 4) is 17.2 Å². The minimum atomic E-state index is -0.0747. The summed E-state index contributed by atoms with van der Waals surface area (Å²) in [5.41, 5.74) is 5.41. The molecule has 5 rings (SSSR count). The molecule has 0 aliphatic carbocycles. The van der Waals surface area contributed by atoms with Crippen LogP contribution in [0.15, 0.2) is 66.7 Å². The van der Waals surface area contributed by atoms with Crippen LogP contribution in [0.3, 0.4) is 0 Å². The van der Waals surface area contributed by atoms with Crippen molar-refractivity contribution in [2.45, 2.75) is 53.6 Å². The van der Waals surface area contributed by atoms with Crippen LogP contribution in [0.1, 0.15) is 59.3 Å². The van der Waals surface area contributed by atoms with Gasteiger partial charge in [0.15, 0.2) is 11.5 Å². The van der Waals surface area contributed by atoms with Gasteiger partial charge in [0.2, 0.25) is 6.79 Å². The maximum Gasteiger partial charge on any atom is 0.258 e. The first kappa shape index (κ1) is 31.7. The molecule has 0 atom stereocenters. The van der Waals surface area contributed by atoms with Crippen molar-refractivity contribution < 1.29 is 23.5 Å². The molecule has 0 bridgehead atoms. The zero-order valence-electron chi connectivity index (χ0n) is 26.6. The molecule has 7 heteroatoms. The number of quaternary nitrogens is 1. The first-order valence-electron chi connectivity index (χ1n) is 15.6. The Morgan fingerprint density at radius 1 is 0.932 bits per heavy atom. The Hall–Kier alpha value is -3.74. The number of nitrogens with zero attached hydrogens (tertiary/aromatic N) is 2. The maximum absolute atomic E-state index is 14.4. The lowest BCUT2D eigenvalue weighted by Crippen LogP contribution is -2.47. The molecule has 1 heterocycles. The Morgan fingerprint density at radius 2 is 1.64 bits per heavy atom. The van der Waals surface area contributed by atoms with Gasteiger partial charge in [-0.15, -0.1) is 0 Å². The van der Waals surface area contributed by atoms with E-state index in [0.717, 1.165) is 59.8 Å². The summed E-state index contributed by atoms with van der Waals surface area (Å²) < 4.78 is 17.9. The fourth-order valence-corrected chi connectivity index (χ4v) is 6.69. The number of carbonyl (C=O) groups is 1. The molecule has 0 saturated carbocycles. The van der Waals surface area contributed by atoms with Gasteiger partial charge in [-0.1, -0.05) is 71.3 Å². The number of hydrogen-bond donors (Lipinski definition) is 0. The van der Waals surface area contributed by atoms with E-state index >= 15 is 0 Å². The summed E-state index contributed by atoms with van der Waals surface area (Å²) in [6, 6.07) is 22.4. The molecule has 0 spiro atoms. The Kier molecular flexibility index (Phi) is 10.0. The number of fused-ring (bicyclic) bond motifs is 2. The molecule has 1 aliphatic heterocycles. The fraction of sp³-hybridized carbons (Fsp3) is 0.378. The van der Waals surface area contributed by atoms with Gasteiger partial charge in [-0.25, -0.2) is 0 Å². The molecule has 0 aromatic heterocycles. The molecule has 0 N–H and O–H groups in total. The molecular weight excluding hydrogens is 572 g/mol. The van der Waals surface area contributed by atoms with Gasteiger partial charge >= 0.3 is 0 Å². The smallest absolute Gasteiger partial charge is 0.258 e. The number of methoxy groups -OCH3 is 1. The number of hydrogen-bond acceptors (Lipinski definition) is 4. The minimum Gasteiger partial charge on any atom is -0.496 e. The number of benzene rings is 4. The van der Waals surface area contributed by atoms with Gasteiger partial charge in [0.1, 0.15) is 12.3 Å². The molecular formula is C37H44ClN2O4+. The highest BCUT2D eigenvalue weighted by molar-refractivity contribution is 6.31. The van der Waals surface area contributed by atoms with Crippen LogP contribution in [0.25, 0.3) is 10.8 Å². The van der Waals surface area contributed by atoms with E-state index < -0.39 is 0 Å². The normalized spacial score (nSPS) is 12.5. The number of amides is 1. The average Bonchev–Trinajstić information content (AvgIpc) is 3.47. The first-order chi connectivity index (χ1) is 21.3. The molecule has 1 aliphatic rings. The van der Waals surface area contributed by atoms with Crippen molar-refractivity contribution in [3.63, 3.8) is 0 Å². The van der Waals surface area contributed by atoms with Crippen LogP contribution in [-0.4, -0.2) is 55.4 Å². The molecule has 4 aromatic carbocycles. The summed E-state index contributed by atoms with van der Waals surface area (Å²) in [6.45, 7) is 14.2. The number of ether oxygens (including phenoxy) is 3. The van der Waals surface area contributed by atoms with Gasteiger partial charge in [0.25, 0.3) is 5.91 Å². The van der Waals surface area contributed by atoms with Crippen LogP contribution in [0.4, 0.5) is 0 Å². The summed E-state index contributed by atoms with van der Waals surface area (Å²) in [4.78, 5) is 16.3. The second-order valence-corrected chi connectivity index (χ2v) is 12.4. The second-order valence-electron chi connectivity index (χ2n) is 11.9. The highest BCUT2D eigenvalue weighted by Crippen LogP contribution is 2.38.